The van der Waals surface area contributed by atoms with E-state index >= 15 is 0 Å². The highest BCUT2D eigenvalue weighted by Crippen LogP contribution is 2.37. The van der Waals surface area contributed by atoms with Crippen LogP contribution in [0.2, 0.25) is 0 Å². The Morgan fingerprint density at radius 3 is 2.53 bits per heavy atom. The molecule has 0 aromatic heterocycles. The molecule has 1 unspecified atom stereocenters. The molecular formula is C14H20F3NO. The summed E-state index contributed by atoms with van der Waals surface area (Å²) in [5.74, 6) is -0.0895. The fourth-order valence-electron chi connectivity index (χ4n) is 1.90. The smallest absolute Gasteiger partial charge is 0.419 e. The van der Waals surface area contributed by atoms with Crippen molar-refractivity contribution in [3.63, 3.8) is 0 Å². The van der Waals surface area contributed by atoms with Crippen LogP contribution in [-0.2, 0) is 12.7 Å². The van der Waals surface area contributed by atoms with E-state index < -0.39 is 11.7 Å². The van der Waals surface area contributed by atoms with Crippen LogP contribution in [0.15, 0.2) is 18.2 Å². The molecule has 1 atom stereocenters. The van der Waals surface area contributed by atoms with Crippen molar-refractivity contribution >= 4 is 0 Å². The molecule has 2 nitrogen and oxygen atoms in total. The highest BCUT2D eigenvalue weighted by atomic mass is 19.4. The number of rotatable bonds is 6. The third kappa shape index (κ3) is 4.74. The summed E-state index contributed by atoms with van der Waals surface area (Å²) in [6.45, 7) is 4.15. The van der Waals surface area contributed by atoms with Gasteiger partial charge in [-0.25, -0.2) is 0 Å². The van der Waals surface area contributed by atoms with Gasteiger partial charge in [0.05, 0.1) is 11.7 Å². The van der Waals surface area contributed by atoms with E-state index in [2.05, 4.69) is 5.32 Å². The minimum atomic E-state index is -4.40. The summed E-state index contributed by atoms with van der Waals surface area (Å²) in [6.07, 6.45) is -3.01. The van der Waals surface area contributed by atoms with Gasteiger partial charge in [0.25, 0.3) is 0 Å². The summed E-state index contributed by atoms with van der Waals surface area (Å²) in [6, 6.07) is 4.20. The lowest BCUT2D eigenvalue weighted by Gasteiger charge is -2.19. The second-order valence-corrected chi connectivity index (χ2v) is 4.58. The molecule has 0 amide bonds. The zero-order valence-electron chi connectivity index (χ0n) is 11.5. The fraction of sp³-hybridized carbons (Fsp3) is 0.571. The molecule has 19 heavy (non-hydrogen) atoms. The summed E-state index contributed by atoms with van der Waals surface area (Å²) in [5.41, 5.74) is -0.117. The van der Waals surface area contributed by atoms with Crippen LogP contribution in [0.4, 0.5) is 13.2 Å². The van der Waals surface area contributed by atoms with E-state index in [0.717, 1.165) is 18.9 Å². The van der Waals surface area contributed by atoms with E-state index in [9.17, 15) is 13.2 Å². The quantitative estimate of drug-likeness (QED) is 0.847. The van der Waals surface area contributed by atoms with Crippen molar-refractivity contribution in [3.8, 4) is 5.75 Å². The predicted molar refractivity (Wildman–Crippen MR) is 69.2 cm³/mol. The molecule has 0 saturated carbocycles. The molecule has 1 rings (SSSR count). The lowest BCUT2D eigenvalue weighted by Crippen LogP contribution is -2.16. The molecule has 0 spiro atoms. The number of ether oxygens (including phenoxy) is 1. The van der Waals surface area contributed by atoms with Crippen molar-refractivity contribution in [2.75, 3.05) is 7.05 Å². The Morgan fingerprint density at radius 1 is 1.32 bits per heavy atom. The van der Waals surface area contributed by atoms with Gasteiger partial charge in [-0.15, -0.1) is 0 Å². The maximum absolute atomic E-state index is 13.0. The third-order valence-corrected chi connectivity index (χ3v) is 2.75. The first-order valence-electron chi connectivity index (χ1n) is 6.39. The van der Waals surface area contributed by atoms with Crippen molar-refractivity contribution in [3.05, 3.63) is 29.3 Å². The van der Waals surface area contributed by atoms with Crippen molar-refractivity contribution in [1.82, 2.24) is 5.32 Å². The van der Waals surface area contributed by atoms with Crippen LogP contribution < -0.4 is 10.1 Å². The number of nitrogens with one attached hydrogen (secondary N) is 1. The van der Waals surface area contributed by atoms with Gasteiger partial charge in [0.1, 0.15) is 5.75 Å². The Bertz CT molecular complexity index is 404. The highest BCUT2D eigenvalue weighted by molar-refractivity contribution is 5.39. The number of hydrogen-bond donors (Lipinski definition) is 1. The summed E-state index contributed by atoms with van der Waals surface area (Å²) in [7, 11) is 1.70. The molecule has 1 N–H and O–H groups in total. The van der Waals surface area contributed by atoms with Crippen LogP contribution in [-0.4, -0.2) is 13.2 Å². The summed E-state index contributed by atoms with van der Waals surface area (Å²) >= 11 is 0. The Labute approximate surface area is 112 Å². The lowest BCUT2D eigenvalue weighted by molar-refractivity contribution is -0.139. The Balaban J connectivity index is 3.02. The van der Waals surface area contributed by atoms with E-state index in [4.69, 9.17) is 4.74 Å². The molecule has 1 aromatic rings. The molecule has 1 aromatic carbocycles. The number of hydrogen-bond acceptors (Lipinski definition) is 2. The lowest BCUT2D eigenvalue weighted by atomic mass is 10.1. The van der Waals surface area contributed by atoms with Gasteiger partial charge < -0.3 is 10.1 Å². The molecule has 0 fully saturated rings. The number of halogens is 3. The van der Waals surface area contributed by atoms with Gasteiger partial charge in [-0.2, -0.15) is 13.2 Å². The maximum Gasteiger partial charge on any atom is 0.419 e. The maximum atomic E-state index is 13.0. The number of alkyl halides is 3. The second-order valence-electron chi connectivity index (χ2n) is 4.58. The SMILES string of the molecule is CCCC(C)Oc1ccc(CNC)cc1C(F)(F)F. The second kappa shape index (κ2) is 6.80. The van der Waals surface area contributed by atoms with E-state index in [1.54, 1.807) is 20.0 Å². The van der Waals surface area contributed by atoms with Crippen molar-refractivity contribution in [2.24, 2.45) is 0 Å². The first-order chi connectivity index (χ1) is 8.88. The minimum Gasteiger partial charge on any atom is -0.490 e. The molecule has 0 aliphatic carbocycles. The van der Waals surface area contributed by atoms with Gasteiger partial charge >= 0.3 is 6.18 Å². The van der Waals surface area contributed by atoms with Crippen molar-refractivity contribution in [2.45, 2.75) is 45.5 Å². The summed E-state index contributed by atoms with van der Waals surface area (Å²) in [4.78, 5) is 0. The Hall–Kier alpha value is -1.23. The van der Waals surface area contributed by atoms with Gasteiger partial charge in [0.2, 0.25) is 0 Å². The van der Waals surface area contributed by atoms with E-state index in [1.165, 1.54) is 6.07 Å². The monoisotopic (exact) mass is 275 g/mol. The molecule has 0 aliphatic rings. The van der Waals surface area contributed by atoms with Crippen molar-refractivity contribution in [1.29, 1.82) is 0 Å². The van der Waals surface area contributed by atoms with Crippen LogP contribution in [0.25, 0.3) is 0 Å². The minimum absolute atomic E-state index is 0.0895. The van der Waals surface area contributed by atoms with Gasteiger partial charge in [0, 0.05) is 6.54 Å². The zero-order valence-corrected chi connectivity index (χ0v) is 11.5. The average molecular weight is 275 g/mol. The Kier molecular flexibility index (Phi) is 5.66. The zero-order chi connectivity index (χ0) is 14.5. The first-order valence-corrected chi connectivity index (χ1v) is 6.39. The predicted octanol–water partition coefficient (Wildman–Crippen LogP) is 3.99. The molecule has 0 heterocycles. The van der Waals surface area contributed by atoms with Gasteiger partial charge in [-0.05, 0) is 38.1 Å². The van der Waals surface area contributed by atoms with E-state index in [-0.39, 0.29) is 11.9 Å². The standard InChI is InChI=1S/C14H20F3NO/c1-4-5-10(2)19-13-7-6-11(9-18-3)8-12(13)14(15,16)17/h6-8,10,18H,4-5,9H2,1-3H3. The normalized spacial score (nSPS) is 13.4. The number of benzene rings is 1. The average Bonchev–Trinajstić information content (AvgIpc) is 2.30. The molecule has 0 radical (unpaired) electrons. The molecular weight excluding hydrogens is 255 g/mol. The van der Waals surface area contributed by atoms with Gasteiger partial charge in [0.15, 0.2) is 0 Å². The Morgan fingerprint density at radius 2 is 2.00 bits per heavy atom. The first kappa shape index (κ1) is 15.8. The molecule has 0 saturated heterocycles. The van der Waals surface area contributed by atoms with Crippen LogP contribution in [0, 0.1) is 0 Å². The third-order valence-electron chi connectivity index (χ3n) is 2.75. The topological polar surface area (TPSA) is 21.3 Å². The molecule has 0 aliphatic heterocycles. The molecule has 0 bridgehead atoms. The van der Waals surface area contributed by atoms with Crippen LogP contribution in [0.1, 0.15) is 37.8 Å². The molecule has 108 valence electrons. The van der Waals surface area contributed by atoms with Gasteiger partial charge in [-0.1, -0.05) is 19.4 Å². The van der Waals surface area contributed by atoms with Gasteiger partial charge in [-0.3, -0.25) is 0 Å². The van der Waals surface area contributed by atoms with E-state index in [0.29, 0.717) is 12.1 Å². The highest BCUT2D eigenvalue weighted by Gasteiger charge is 2.35. The van der Waals surface area contributed by atoms with E-state index in [1.807, 2.05) is 6.92 Å². The van der Waals surface area contributed by atoms with Crippen molar-refractivity contribution < 1.29 is 17.9 Å². The summed E-state index contributed by atoms with van der Waals surface area (Å²) < 4.78 is 44.4. The van der Waals surface area contributed by atoms with Crippen LogP contribution >= 0.6 is 0 Å². The largest absolute Gasteiger partial charge is 0.490 e. The summed E-state index contributed by atoms with van der Waals surface area (Å²) in [5, 5.41) is 2.84. The van der Waals surface area contributed by atoms with Crippen LogP contribution in [0.3, 0.4) is 0 Å². The molecule has 5 heteroatoms. The van der Waals surface area contributed by atoms with Crippen LogP contribution in [0.5, 0.6) is 5.75 Å². The fourth-order valence-corrected chi connectivity index (χ4v) is 1.90.